The van der Waals surface area contributed by atoms with Crippen molar-refractivity contribution >= 4 is 33.4 Å². The van der Waals surface area contributed by atoms with Crippen LogP contribution in [0.25, 0.3) is 0 Å². The molecule has 0 saturated heterocycles. The molecule has 0 fully saturated rings. The molecular formula is C9H13BrN4O2. The average molecular weight is 289 g/mol. The third kappa shape index (κ3) is 3.65. The Hall–Kier alpha value is -1.37. The van der Waals surface area contributed by atoms with E-state index in [9.17, 15) is 9.59 Å². The summed E-state index contributed by atoms with van der Waals surface area (Å²) in [6.07, 6.45) is 3.00. The SMILES string of the molecule is CC(C)(Br)C(=O)Nc1cnn(CC(N)=O)c1. The van der Waals surface area contributed by atoms with Crippen LogP contribution in [0.4, 0.5) is 5.69 Å². The first-order valence-corrected chi connectivity index (χ1v) is 5.39. The molecule has 0 radical (unpaired) electrons. The van der Waals surface area contributed by atoms with E-state index >= 15 is 0 Å². The Bertz CT molecular complexity index is 408. The normalized spacial score (nSPS) is 11.2. The van der Waals surface area contributed by atoms with Crippen LogP contribution in [0.1, 0.15) is 13.8 Å². The molecule has 0 saturated carbocycles. The average Bonchev–Trinajstić information content (AvgIpc) is 2.49. The van der Waals surface area contributed by atoms with Gasteiger partial charge in [-0.15, -0.1) is 0 Å². The Labute approximate surface area is 101 Å². The van der Waals surface area contributed by atoms with Gasteiger partial charge in [0.15, 0.2) is 0 Å². The number of hydrogen-bond donors (Lipinski definition) is 2. The number of nitrogens with one attached hydrogen (secondary N) is 1. The highest BCUT2D eigenvalue weighted by Crippen LogP contribution is 2.18. The predicted octanol–water partition coefficient (Wildman–Crippen LogP) is 0.480. The molecule has 0 atom stereocenters. The summed E-state index contributed by atoms with van der Waals surface area (Å²) < 4.78 is 0.706. The molecule has 0 bridgehead atoms. The van der Waals surface area contributed by atoms with Crippen LogP contribution in [0.3, 0.4) is 0 Å². The Morgan fingerprint density at radius 3 is 2.75 bits per heavy atom. The molecule has 7 heteroatoms. The summed E-state index contributed by atoms with van der Waals surface area (Å²) in [5, 5.41) is 6.53. The van der Waals surface area contributed by atoms with E-state index in [2.05, 4.69) is 26.3 Å². The fraction of sp³-hybridized carbons (Fsp3) is 0.444. The number of carbonyl (C=O) groups excluding carboxylic acids is 2. The number of aromatic nitrogens is 2. The van der Waals surface area contributed by atoms with Crippen LogP contribution in [0.2, 0.25) is 0 Å². The topological polar surface area (TPSA) is 90.0 Å². The number of nitrogens with two attached hydrogens (primary N) is 1. The number of anilines is 1. The van der Waals surface area contributed by atoms with Crippen LogP contribution < -0.4 is 11.1 Å². The van der Waals surface area contributed by atoms with Crippen molar-refractivity contribution in [2.45, 2.75) is 24.7 Å². The summed E-state index contributed by atoms with van der Waals surface area (Å²) in [7, 11) is 0. The van der Waals surface area contributed by atoms with E-state index in [-0.39, 0.29) is 12.5 Å². The molecule has 3 N–H and O–H groups in total. The summed E-state index contributed by atoms with van der Waals surface area (Å²) in [5.74, 6) is -0.673. The fourth-order valence-electron chi connectivity index (χ4n) is 0.954. The zero-order chi connectivity index (χ0) is 12.3. The van der Waals surface area contributed by atoms with Crippen molar-refractivity contribution in [2.24, 2.45) is 5.73 Å². The molecule has 2 amide bonds. The number of primary amides is 1. The second kappa shape index (κ2) is 4.65. The Morgan fingerprint density at radius 2 is 2.25 bits per heavy atom. The lowest BCUT2D eigenvalue weighted by Crippen LogP contribution is -2.30. The molecule has 6 nitrogen and oxygen atoms in total. The van der Waals surface area contributed by atoms with Gasteiger partial charge in [-0.3, -0.25) is 14.3 Å². The summed E-state index contributed by atoms with van der Waals surface area (Å²) in [6, 6.07) is 0. The molecule has 0 aliphatic carbocycles. The lowest BCUT2D eigenvalue weighted by Gasteiger charge is -2.14. The molecule has 1 rings (SSSR count). The highest BCUT2D eigenvalue weighted by Gasteiger charge is 2.23. The Balaban J connectivity index is 2.66. The molecule has 1 aromatic heterocycles. The van der Waals surface area contributed by atoms with Crippen LogP contribution >= 0.6 is 15.9 Å². The molecule has 0 aliphatic rings. The predicted molar refractivity (Wildman–Crippen MR) is 63.1 cm³/mol. The highest BCUT2D eigenvalue weighted by molar-refractivity contribution is 9.10. The maximum Gasteiger partial charge on any atom is 0.240 e. The van der Waals surface area contributed by atoms with Gasteiger partial charge in [-0.05, 0) is 13.8 Å². The Morgan fingerprint density at radius 1 is 1.62 bits per heavy atom. The van der Waals surface area contributed by atoms with Crippen molar-refractivity contribution < 1.29 is 9.59 Å². The van der Waals surface area contributed by atoms with Gasteiger partial charge in [0.25, 0.3) is 0 Å². The van der Waals surface area contributed by atoms with Gasteiger partial charge in [0.2, 0.25) is 11.8 Å². The van der Waals surface area contributed by atoms with Gasteiger partial charge in [-0.1, -0.05) is 15.9 Å². The van der Waals surface area contributed by atoms with E-state index in [1.54, 1.807) is 20.0 Å². The standard InChI is InChI=1S/C9H13BrN4O2/c1-9(2,10)8(16)13-6-3-12-14(4-6)5-7(11)15/h3-4H,5H2,1-2H3,(H2,11,15)(H,13,16). The minimum atomic E-state index is -0.654. The summed E-state index contributed by atoms with van der Waals surface area (Å²) in [5.41, 5.74) is 5.54. The second-order valence-corrected chi connectivity index (χ2v) is 5.80. The van der Waals surface area contributed by atoms with Crippen molar-refractivity contribution in [1.29, 1.82) is 0 Å². The van der Waals surface area contributed by atoms with Crippen LogP contribution in [-0.4, -0.2) is 25.9 Å². The van der Waals surface area contributed by atoms with Gasteiger partial charge in [0.05, 0.1) is 16.2 Å². The first-order chi connectivity index (χ1) is 7.29. The summed E-state index contributed by atoms with van der Waals surface area (Å²) in [6.45, 7) is 3.46. The van der Waals surface area contributed by atoms with E-state index in [1.165, 1.54) is 10.9 Å². The highest BCUT2D eigenvalue weighted by atomic mass is 79.9. The first kappa shape index (κ1) is 12.7. The summed E-state index contributed by atoms with van der Waals surface area (Å²) >= 11 is 3.24. The van der Waals surface area contributed by atoms with Crippen molar-refractivity contribution in [3.05, 3.63) is 12.4 Å². The van der Waals surface area contributed by atoms with Crippen molar-refractivity contribution in [2.75, 3.05) is 5.32 Å². The molecule has 1 heterocycles. The molecule has 16 heavy (non-hydrogen) atoms. The Kier molecular flexibility index (Phi) is 3.69. The molecule has 88 valence electrons. The van der Waals surface area contributed by atoms with E-state index in [0.717, 1.165) is 0 Å². The van der Waals surface area contributed by atoms with E-state index in [1.807, 2.05) is 0 Å². The first-order valence-electron chi connectivity index (χ1n) is 4.60. The van der Waals surface area contributed by atoms with Crippen molar-refractivity contribution in [1.82, 2.24) is 9.78 Å². The smallest absolute Gasteiger partial charge is 0.240 e. The number of halogens is 1. The van der Waals surface area contributed by atoms with Gasteiger partial charge in [-0.2, -0.15) is 5.10 Å². The van der Waals surface area contributed by atoms with E-state index in [4.69, 9.17) is 5.73 Å². The number of rotatable bonds is 4. The molecule has 0 unspecified atom stereocenters. The van der Waals surface area contributed by atoms with Crippen molar-refractivity contribution in [3.63, 3.8) is 0 Å². The zero-order valence-corrected chi connectivity index (χ0v) is 10.6. The quantitative estimate of drug-likeness (QED) is 0.790. The zero-order valence-electron chi connectivity index (χ0n) is 9.03. The van der Waals surface area contributed by atoms with Crippen LogP contribution in [-0.2, 0) is 16.1 Å². The van der Waals surface area contributed by atoms with Crippen LogP contribution in [0.5, 0.6) is 0 Å². The van der Waals surface area contributed by atoms with Crippen molar-refractivity contribution in [3.8, 4) is 0 Å². The lowest BCUT2D eigenvalue weighted by atomic mass is 10.2. The fourth-order valence-corrected chi connectivity index (χ4v) is 1.05. The monoisotopic (exact) mass is 288 g/mol. The minimum absolute atomic E-state index is 0.00637. The van der Waals surface area contributed by atoms with Gasteiger partial charge < -0.3 is 11.1 Å². The molecule has 0 aliphatic heterocycles. The van der Waals surface area contributed by atoms with Gasteiger partial charge >= 0.3 is 0 Å². The van der Waals surface area contributed by atoms with E-state index in [0.29, 0.717) is 5.69 Å². The molecule has 0 spiro atoms. The number of alkyl halides is 1. The largest absolute Gasteiger partial charge is 0.368 e. The molecule has 0 aromatic carbocycles. The minimum Gasteiger partial charge on any atom is -0.368 e. The van der Waals surface area contributed by atoms with Crippen LogP contribution in [0.15, 0.2) is 12.4 Å². The third-order valence-corrected chi connectivity index (χ3v) is 2.11. The third-order valence-electron chi connectivity index (χ3n) is 1.75. The van der Waals surface area contributed by atoms with Gasteiger partial charge in [0.1, 0.15) is 6.54 Å². The van der Waals surface area contributed by atoms with Crippen LogP contribution in [0, 0.1) is 0 Å². The number of hydrogen-bond acceptors (Lipinski definition) is 3. The second-order valence-electron chi connectivity index (χ2n) is 3.82. The lowest BCUT2D eigenvalue weighted by molar-refractivity contribution is -0.119. The maximum atomic E-state index is 11.6. The summed E-state index contributed by atoms with van der Waals surface area (Å²) in [4.78, 5) is 22.2. The van der Waals surface area contributed by atoms with Gasteiger partial charge in [0, 0.05) is 6.20 Å². The number of nitrogens with zero attached hydrogens (tertiary/aromatic N) is 2. The molecule has 1 aromatic rings. The number of carbonyl (C=O) groups is 2. The van der Waals surface area contributed by atoms with Gasteiger partial charge in [-0.25, -0.2) is 0 Å². The molecular weight excluding hydrogens is 276 g/mol. The number of amides is 2. The van der Waals surface area contributed by atoms with E-state index < -0.39 is 10.2 Å². The maximum absolute atomic E-state index is 11.6.